The van der Waals surface area contributed by atoms with Gasteiger partial charge in [0.2, 0.25) is 0 Å². The van der Waals surface area contributed by atoms with Crippen molar-refractivity contribution < 1.29 is 4.74 Å². The van der Waals surface area contributed by atoms with E-state index in [0.29, 0.717) is 5.56 Å². The van der Waals surface area contributed by atoms with Crippen LogP contribution in [-0.4, -0.2) is 4.57 Å². The highest BCUT2D eigenvalue weighted by molar-refractivity contribution is 6.13. The first-order valence-electron chi connectivity index (χ1n) is 15.4. The van der Waals surface area contributed by atoms with Crippen LogP contribution in [0, 0.1) is 11.3 Å². The van der Waals surface area contributed by atoms with Gasteiger partial charge in [-0.05, 0) is 99.1 Å². The van der Waals surface area contributed by atoms with Crippen molar-refractivity contribution in [2.24, 2.45) is 0 Å². The van der Waals surface area contributed by atoms with Crippen LogP contribution >= 0.6 is 0 Å². The Labute approximate surface area is 266 Å². The lowest BCUT2D eigenvalue weighted by atomic mass is 9.95. The number of fused-ring (bicyclic) bond motifs is 5. The third kappa shape index (κ3) is 4.20. The normalized spacial score (nSPS) is 11.6. The van der Waals surface area contributed by atoms with Crippen LogP contribution in [-0.2, 0) is 0 Å². The topological polar surface area (TPSA) is 38.0 Å². The summed E-state index contributed by atoms with van der Waals surface area (Å²) < 4.78 is 8.64. The van der Waals surface area contributed by atoms with Gasteiger partial charge in [-0.3, -0.25) is 0 Å². The third-order valence-electron chi connectivity index (χ3n) is 9.03. The first kappa shape index (κ1) is 26.1. The van der Waals surface area contributed by atoms with Gasteiger partial charge in [0.05, 0.1) is 28.4 Å². The number of ether oxygens (including phenoxy) is 1. The lowest BCUT2D eigenvalue weighted by Gasteiger charge is -2.20. The van der Waals surface area contributed by atoms with Crippen LogP contribution in [0.3, 0.4) is 0 Å². The summed E-state index contributed by atoms with van der Waals surface area (Å²) in [6.07, 6.45) is 0. The minimum Gasteiger partial charge on any atom is -0.453 e. The molecule has 3 nitrogen and oxygen atoms in total. The molecule has 0 saturated carbocycles. The summed E-state index contributed by atoms with van der Waals surface area (Å²) >= 11 is 0. The minimum absolute atomic E-state index is 0.671. The van der Waals surface area contributed by atoms with Crippen molar-refractivity contribution in [3.05, 3.63) is 163 Å². The summed E-state index contributed by atoms with van der Waals surface area (Å²) in [7, 11) is 0. The van der Waals surface area contributed by atoms with Crippen LogP contribution < -0.4 is 4.74 Å². The summed E-state index contributed by atoms with van der Waals surface area (Å²) in [5.74, 6) is 1.76. The predicted octanol–water partition coefficient (Wildman–Crippen LogP) is 11.4. The molecule has 1 aliphatic heterocycles. The number of hydrogen-bond donors (Lipinski definition) is 0. The molecule has 2 heterocycles. The summed E-state index contributed by atoms with van der Waals surface area (Å²) in [6, 6.07) is 57.4. The highest BCUT2D eigenvalue weighted by Crippen LogP contribution is 2.45. The maximum absolute atomic E-state index is 9.10. The van der Waals surface area contributed by atoms with Gasteiger partial charge in [0, 0.05) is 10.8 Å². The Morgan fingerprint density at radius 3 is 1.63 bits per heavy atom. The van der Waals surface area contributed by atoms with E-state index in [0.717, 1.165) is 33.8 Å². The Morgan fingerprint density at radius 2 is 0.957 bits per heavy atom. The van der Waals surface area contributed by atoms with Crippen LogP contribution in [0.5, 0.6) is 11.5 Å². The lowest BCUT2D eigenvalue weighted by Crippen LogP contribution is -2.03. The van der Waals surface area contributed by atoms with E-state index in [-0.39, 0.29) is 0 Å². The largest absolute Gasteiger partial charge is 0.453 e. The molecule has 0 bridgehead atoms. The molecule has 0 fully saturated rings. The van der Waals surface area contributed by atoms with Gasteiger partial charge in [-0.15, -0.1) is 0 Å². The summed E-state index contributed by atoms with van der Waals surface area (Å²) in [4.78, 5) is 0. The molecule has 3 heteroatoms. The van der Waals surface area contributed by atoms with Gasteiger partial charge in [-0.25, -0.2) is 0 Å². The zero-order chi connectivity index (χ0) is 30.6. The molecule has 1 aromatic heterocycles. The second-order valence-electron chi connectivity index (χ2n) is 11.7. The minimum atomic E-state index is 0.671. The van der Waals surface area contributed by atoms with E-state index in [2.05, 4.69) is 132 Å². The lowest BCUT2D eigenvalue weighted by molar-refractivity contribution is 0.476. The Balaban J connectivity index is 1.07. The number of rotatable bonds is 4. The van der Waals surface area contributed by atoms with E-state index < -0.39 is 0 Å². The molecule has 9 rings (SSSR count). The predicted molar refractivity (Wildman–Crippen MR) is 187 cm³/mol. The van der Waals surface area contributed by atoms with Gasteiger partial charge in [0.25, 0.3) is 0 Å². The average molecular weight is 587 g/mol. The van der Waals surface area contributed by atoms with Crippen molar-refractivity contribution in [3.8, 4) is 67.8 Å². The fraction of sp³-hybridized carbons (Fsp3) is 0. The van der Waals surface area contributed by atoms with Crippen molar-refractivity contribution in [2.75, 3.05) is 0 Å². The van der Waals surface area contributed by atoms with E-state index in [9.17, 15) is 0 Å². The maximum atomic E-state index is 9.10. The number of nitrogens with zero attached hydrogens (tertiary/aromatic N) is 2. The molecule has 0 atom stereocenters. The molecule has 8 aromatic rings. The first-order valence-corrected chi connectivity index (χ1v) is 15.4. The van der Waals surface area contributed by atoms with Gasteiger partial charge in [-0.2, -0.15) is 5.26 Å². The fourth-order valence-corrected chi connectivity index (χ4v) is 6.75. The molecule has 7 aromatic carbocycles. The van der Waals surface area contributed by atoms with Gasteiger partial charge < -0.3 is 9.30 Å². The zero-order valence-corrected chi connectivity index (χ0v) is 24.8. The molecule has 0 radical (unpaired) electrons. The Hall–Kier alpha value is -6.37. The monoisotopic (exact) mass is 586 g/mol. The van der Waals surface area contributed by atoms with Crippen LogP contribution in [0.15, 0.2) is 158 Å². The Morgan fingerprint density at radius 1 is 0.435 bits per heavy atom. The van der Waals surface area contributed by atoms with Gasteiger partial charge in [0.1, 0.15) is 0 Å². The number of hydrogen-bond acceptors (Lipinski definition) is 2. The van der Waals surface area contributed by atoms with E-state index in [1.54, 1.807) is 0 Å². The Kier molecular flexibility index (Phi) is 5.88. The standard InChI is InChI=1S/C43H26N2O/c44-27-28-14-16-29(17-15-28)30-18-20-31(21-19-30)32-6-3-7-33(24-32)34-8-4-9-35(25-34)36-22-23-39-38(26-36)37-10-5-13-42-43(37)45(39)40-11-1-2-12-41(40)46-42/h1-26H. The van der Waals surface area contributed by atoms with Crippen molar-refractivity contribution in [3.63, 3.8) is 0 Å². The second kappa shape index (κ2) is 10.4. The molecule has 0 aliphatic carbocycles. The molecule has 0 saturated heterocycles. The molecular formula is C43H26N2O. The summed E-state index contributed by atoms with van der Waals surface area (Å²) in [5, 5.41) is 11.5. The second-order valence-corrected chi connectivity index (χ2v) is 11.7. The van der Waals surface area contributed by atoms with Gasteiger partial charge >= 0.3 is 0 Å². The smallest absolute Gasteiger partial charge is 0.152 e. The average Bonchev–Trinajstić information content (AvgIpc) is 3.47. The van der Waals surface area contributed by atoms with E-state index in [4.69, 9.17) is 10.00 Å². The summed E-state index contributed by atoms with van der Waals surface area (Å²) in [6.45, 7) is 0. The van der Waals surface area contributed by atoms with E-state index in [1.165, 1.54) is 49.7 Å². The highest BCUT2D eigenvalue weighted by Gasteiger charge is 2.23. The highest BCUT2D eigenvalue weighted by atomic mass is 16.5. The van der Waals surface area contributed by atoms with E-state index >= 15 is 0 Å². The SMILES string of the molecule is N#Cc1ccc(-c2ccc(-c3cccc(-c4cccc(-c5ccc6c(c5)c5cccc7c5n6-c5ccccc5O7)c4)c3)cc2)cc1. The van der Waals surface area contributed by atoms with Crippen LogP contribution in [0.25, 0.3) is 72.0 Å². The van der Waals surface area contributed by atoms with E-state index in [1.807, 2.05) is 36.4 Å². The number of aromatic nitrogens is 1. The maximum Gasteiger partial charge on any atom is 0.152 e. The number of nitriles is 1. The quantitative estimate of drug-likeness (QED) is 0.206. The molecule has 46 heavy (non-hydrogen) atoms. The molecule has 1 aliphatic rings. The third-order valence-corrected chi connectivity index (χ3v) is 9.03. The van der Waals surface area contributed by atoms with Crippen molar-refractivity contribution in [1.82, 2.24) is 4.57 Å². The number of para-hydroxylation sites is 3. The Bertz CT molecular complexity index is 2500. The first-order chi connectivity index (χ1) is 22.7. The van der Waals surface area contributed by atoms with Gasteiger partial charge in [0.15, 0.2) is 11.5 Å². The van der Waals surface area contributed by atoms with Crippen molar-refractivity contribution in [2.45, 2.75) is 0 Å². The molecule has 214 valence electrons. The van der Waals surface area contributed by atoms with Crippen LogP contribution in [0.4, 0.5) is 0 Å². The van der Waals surface area contributed by atoms with Crippen molar-refractivity contribution >= 4 is 21.8 Å². The molecule has 0 amide bonds. The fourth-order valence-electron chi connectivity index (χ4n) is 6.75. The molecule has 0 unspecified atom stereocenters. The van der Waals surface area contributed by atoms with Gasteiger partial charge in [-0.1, -0.05) is 103 Å². The number of benzene rings is 7. The molecular weight excluding hydrogens is 560 g/mol. The zero-order valence-electron chi connectivity index (χ0n) is 24.8. The van der Waals surface area contributed by atoms with Crippen molar-refractivity contribution in [1.29, 1.82) is 5.26 Å². The molecule has 0 N–H and O–H groups in total. The van der Waals surface area contributed by atoms with Crippen LogP contribution in [0.2, 0.25) is 0 Å². The van der Waals surface area contributed by atoms with Crippen LogP contribution in [0.1, 0.15) is 5.56 Å². The summed E-state index contributed by atoms with van der Waals surface area (Å²) in [5.41, 5.74) is 13.3. The molecule has 0 spiro atoms.